The van der Waals surface area contributed by atoms with E-state index in [0.29, 0.717) is 0 Å². The van der Waals surface area contributed by atoms with Crippen molar-refractivity contribution in [3.63, 3.8) is 0 Å². The highest BCUT2D eigenvalue weighted by atomic mass is 35.5. The summed E-state index contributed by atoms with van der Waals surface area (Å²) in [5.41, 5.74) is 2.99. The van der Waals surface area contributed by atoms with Crippen molar-refractivity contribution < 1.29 is 10.2 Å². The molecule has 0 aliphatic rings. The van der Waals surface area contributed by atoms with Crippen molar-refractivity contribution in [2.75, 3.05) is 5.48 Å². The van der Waals surface area contributed by atoms with E-state index in [4.69, 9.17) is 5.26 Å². The molecule has 0 spiro atoms. The molecule has 0 aliphatic carbocycles. The Morgan fingerprint density at radius 2 is 1.80 bits per heavy atom. The summed E-state index contributed by atoms with van der Waals surface area (Å²) >= 11 is 0. The molecule has 2 N–H and O–H groups in total. The van der Waals surface area contributed by atoms with Gasteiger partial charge in [-0.25, -0.2) is 10.7 Å². The largest absolute Gasteiger partial charge is 0.236 e. The smallest absolute Gasteiger partial charge is 0.0634 e. The fourth-order valence-corrected chi connectivity index (χ4v) is 0.559. The van der Waals surface area contributed by atoms with Crippen molar-refractivity contribution >= 4 is 18.1 Å². The fraction of sp³-hybridized carbons (Fsp3) is 0. The van der Waals surface area contributed by atoms with Crippen LogP contribution in [0.4, 0.5) is 5.69 Å². The Morgan fingerprint density at radius 1 is 1.20 bits per heavy atom. The van der Waals surface area contributed by atoms with Crippen LogP contribution in [0.5, 0.6) is 0 Å². The van der Waals surface area contributed by atoms with Gasteiger partial charge in [-0.3, -0.25) is 0 Å². The Bertz CT molecular complexity index is 169. The molecule has 0 fully saturated rings. The van der Waals surface area contributed by atoms with E-state index >= 15 is 0 Å². The Labute approximate surface area is 64.9 Å². The van der Waals surface area contributed by atoms with Gasteiger partial charge in [0.25, 0.3) is 0 Å². The van der Waals surface area contributed by atoms with Crippen LogP contribution >= 0.6 is 12.4 Å². The van der Waals surface area contributed by atoms with Crippen LogP contribution < -0.4 is 5.48 Å². The molecule has 10 heavy (non-hydrogen) atoms. The molecule has 0 saturated heterocycles. The van der Waals surface area contributed by atoms with Gasteiger partial charge in [-0.2, -0.15) is 0 Å². The minimum atomic E-state index is 0. The first-order chi connectivity index (χ1) is 4.43. The van der Waals surface area contributed by atoms with Crippen LogP contribution in [0.25, 0.3) is 0 Å². The second kappa shape index (κ2) is 5.05. The van der Waals surface area contributed by atoms with Crippen molar-refractivity contribution in [1.82, 2.24) is 0 Å². The van der Waals surface area contributed by atoms with E-state index in [1.807, 2.05) is 18.2 Å². The zero-order chi connectivity index (χ0) is 6.53. The SMILES string of the molecule is Cl.OONc1ccccc1. The molecule has 0 bridgehead atoms. The maximum absolute atomic E-state index is 7.91. The third-order valence-corrected chi connectivity index (χ3v) is 0.937. The number of hydrogen-bond donors (Lipinski definition) is 2. The highest BCUT2D eigenvalue weighted by Gasteiger charge is 1.83. The molecule has 1 aromatic carbocycles. The third kappa shape index (κ3) is 2.68. The van der Waals surface area contributed by atoms with E-state index in [0.717, 1.165) is 5.69 Å². The molecule has 4 heteroatoms. The Balaban J connectivity index is 0.000000810. The molecule has 56 valence electrons. The van der Waals surface area contributed by atoms with Gasteiger partial charge in [0.2, 0.25) is 0 Å². The van der Waals surface area contributed by atoms with Gasteiger partial charge in [0.05, 0.1) is 5.69 Å². The maximum Gasteiger partial charge on any atom is 0.0634 e. The van der Waals surface area contributed by atoms with Gasteiger partial charge in [0, 0.05) is 0 Å². The van der Waals surface area contributed by atoms with E-state index in [9.17, 15) is 0 Å². The summed E-state index contributed by atoms with van der Waals surface area (Å²) in [5.74, 6) is 0. The van der Waals surface area contributed by atoms with Crippen molar-refractivity contribution in [3.05, 3.63) is 30.3 Å². The maximum atomic E-state index is 7.91. The third-order valence-electron chi connectivity index (χ3n) is 0.937. The van der Waals surface area contributed by atoms with Gasteiger partial charge in [0.1, 0.15) is 0 Å². The minimum absolute atomic E-state index is 0. The Hall–Kier alpha value is -0.770. The molecule has 1 aromatic rings. The molecule has 0 aromatic heterocycles. The average molecular weight is 162 g/mol. The van der Waals surface area contributed by atoms with Crippen molar-refractivity contribution in [3.8, 4) is 0 Å². The molecule has 0 unspecified atom stereocenters. The summed E-state index contributed by atoms with van der Waals surface area (Å²) < 4.78 is 0. The number of benzene rings is 1. The van der Waals surface area contributed by atoms with E-state index in [2.05, 4.69) is 10.5 Å². The molecular formula is C6H8ClNO2. The average Bonchev–Trinajstić information content (AvgIpc) is 1.91. The number of rotatable bonds is 2. The topological polar surface area (TPSA) is 41.5 Å². The second-order valence-corrected chi connectivity index (χ2v) is 1.56. The number of hydrogen-bond acceptors (Lipinski definition) is 3. The molecule has 1 rings (SSSR count). The first-order valence-electron chi connectivity index (χ1n) is 2.55. The molecule has 3 nitrogen and oxygen atoms in total. The lowest BCUT2D eigenvalue weighted by Gasteiger charge is -1.96. The summed E-state index contributed by atoms with van der Waals surface area (Å²) in [4.78, 5) is 3.68. The highest BCUT2D eigenvalue weighted by molar-refractivity contribution is 5.85. The lowest BCUT2D eigenvalue weighted by atomic mass is 10.3. The summed E-state index contributed by atoms with van der Waals surface area (Å²) in [6, 6.07) is 9.09. The van der Waals surface area contributed by atoms with Gasteiger partial charge in [-0.05, 0) is 12.1 Å². The fourth-order valence-electron chi connectivity index (χ4n) is 0.559. The molecule has 0 radical (unpaired) electrons. The Kier molecular flexibility index (Phi) is 4.66. The van der Waals surface area contributed by atoms with Crippen molar-refractivity contribution in [2.45, 2.75) is 0 Å². The molecule has 0 aliphatic heterocycles. The van der Waals surface area contributed by atoms with Crippen LogP contribution in [0.3, 0.4) is 0 Å². The first kappa shape index (κ1) is 9.23. The van der Waals surface area contributed by atoms with Crippen LogP contribution in [0.15, 0.2) is 30.3 Å². The summed E-state index contributed by atoms with van der Waals surface area (Å²) in [6.07, 6.45) is 0. The van der Waals surface area contributed by atoms with E-state index in [1.165, 1.54) is 0 Å². The number of para-hydroxylation sites is 1. The summed E-state index contributed by atoms with van der Waals surface area (Å²) in [5, 5.41) is 7.91. The monoisotopic (exact) mass is 161 g/mol. The van der Waals surface area contributed by atoms with E-state index in [1.54, 1.807) is 12.1 Å². The molecular weight excluding hydrogens is 154 g/mol. The van der Waals surface area contributed by atoms with Gasteiger partial charge in [-0.15, -0.1) is 17.4 Å². The van der Waals surface area contributed by atoms with Crippen LogP contribution in [-0.2, 0) is 4.99 Å². The molecule has 0 atom stereocenters. The zero-order valence-electron chi connectivity index (χ0n) is 5.15. The van der Waals surface area contributed by atoms with Gasteiger partial charge in [-0.1, -0.05) is 18.2 Å². The van der Waals surface area contributed by atoms with E-state index < -0.39 is 0 Å². The normalized spacial score (nSPS) is 8.10. The zero-order valence-corrected chi connectivity index (χ0v) is 5.97. The number of nitrogens with one attached hydrogen (secondary N) is 1. The van der Waals surface area contributed by atoms with Crippen molar-refractivity contribution in [1.29, 1.82) is 0 Å². The van der Waals surface area contributed by atoms with Crippen LogP contribution in [-0.4, -0.2) is 5.26 Å². The van der Waals surface area contributed by atoms with Crippen LogP contribution in [0.2, 0.25) is 0 Å². The minimum Gasteiger partial charge on any atom is -0.236 e. The van der Waals surface area contributed by atoms with Crippen molar-refractivity contribution in [2.24, 2.45) is 0 Å². The quantitative estimate of drug-likeness (QED) is 0.515. The standard InChI is InChI=1S/C6H7NO2.ClH/c8-9-7-6-4-2-1-3-5-6;/h1-5,7-8H;1H. The van der Waals surface area contributed by atoms with Crippen LogP contribution in [0, 0.1) is 0 Å². The molecule has 0 amide bonds. The summed E-state index contributed by atoms with van der Waals surface area (Å²) in [7, 11) is 0. The first-order valence-corrected chi connectivity index (χ1v) is 2.55. The number of halogens is 1. The van der Waals surface area contributed by atoms with Gasteiger partial charge < -0.3 is 0 Å². The van der Waals surface area contributed by atoms with Gasteiger partial charge >= 0.3 is 0 Å². The predicted molar refractivity (Wildman–Crippen MR) is 41.0 cm³/mol. The van der Waals surface area contributed by atoms with Gasteiger partial charge in [0.15, 0.2) is 0 Å². The second-order valence-electron chi connectivity index (χ2n) is 1.56. The number of anilines is 1. The Morgan fingerprint density at radius 3 is 2.30 bits per heavy atom. The molecule has 0 heterocycles. The summed E-state index contributed by atoms with van der Waals surface area (Å²) in [6.45, 7) is 0. The molecule has 0 saturated carbocycles. The lowest BCUT2D eigenvalue weighted by molar-refractivity contribution is -0.215. The lowest BCUT2D eigenvalue weighted by Crippen LogP contribution is -1.94. The van der Waals surface area contributed by atoms with Crippen LogP contribution in [0.1, 0.15) is 0 Å². The van der Waals surface area contributed by atoms with E-state index in [-0.39, 0.29) is 12.4 Å². The highest BCUT2D eigenvalue weighted by Crippen LogP contribution is 2.02. The predicted octanol–water partition coefficient (Wildman–Crippen LogP) is 1.92.